The molecule has 1 atom stereocenters. The molecule has 0 aliphatic carbocycles. The van der Waals surface area contributed by atoms with Crippen LogP contribution in [-0.2, 0) is 10.0 Å². The average molecular weight is 331 g/mol. The van der Waals surface area contributed by atoms with Crippen LogP contribution in [0.15, 0.2) is 35.2 Å². The van der Waals surface area contributed by atoms with E-state index in [4.69, 9.17) is 0 Å². The van der Waals surface area contributed by atoms with Gasteiger partial charge in [0.1, 0.15) is 0 Å². The lowest BCUT2D eigenvalue weighted by molar-refractivity contribution is 0.565. The number of hydrogen-bond donors (Lipinski definition) is 1. The Bertz CT molecular complexity index is 815. The molecule has 0 saturated heterocycles. The molecule has 4 heteroatoms. The monoisotopic (exact) mass is 331 g/mol. The fourth-order valence-corrected chi connectivity index (χ4v) is 4.85. The van der Waals surface area contributed by atoms with Gasteiger partial charge in [-0.25, -0.2) is 13.1 Å². The molecule has 0 aliphatic heterocycles. The third-order valence-electron chi connectivity index (χ3n) is 4.11. The van der Waals surface area contributed by atoms with Gasteiger partial charge in [-0.05, 0) is 63.8 Å². The van der Waals surface area contributed by atoms with Crippen LogP contribution in [0.3, 0.4) is 0 Å². The fraction of sp³-hybridized carbons (Fsp3) is 0.368. The number of hydrogen-bond acceptors (Lipinski definition) is 2. The molecule has 3 nitrogen and oxygen atoms in total. The molecule has 23 heavy (non-hydrogen) atoms. The first-order chi connectivity index (χ1) is 10.6. The summed E-state index contributed by atoms with van der Waals surface area (Å²) in [7, 11) is -3.57. The van der Waals surface area contributed by atoms with E-state index in [0.29, 0.717) is 4.90 Å². The minimum atomic E-state index is -3.57. The summed E-state index contributed by atoms with van der Waals surface area (Å²) >= 11 is 0. The second kappa shape index (κ2) is 6.46. The Hall–Kier alpha value is -1.65. The van der Waals surface area contributed by atoms with Gasteiger partial charge in [-0.2, -0.15) is 0 Å². The molecule has 0 fully saturated rings. The molecule has 2 aromatic rings. The Morgan fingerprint density at radius 3 is 1.96 bits per heavy atom. The van der Waals surface area contributed by atoms with Crippen molar-refractivity contribution in [1.82, 2.24) is 4.72 Å². The number of sulfonamides is 1. The highest BCUT2D eigenvalue weighted by molar-refractivity contribution is 7.89. The second-order valence-corrected chi connectivity index (χ2v) is 8.08. The van der Waals surface area contributed by atoms with E-state index in [1.165, 1.54) is 0 Å². The lowest BCUT2D eigenvalue weighted by Gasteiger charge is -2.19. The zero-order valence-corrected chi connectivity index (χ0v) is 15.5. The molecular formula is C19H25NO2S. The van der Waals surface area contributed by atoms with Crippen molar-refractivity contribution < 1.29 is 8.42 Å². The van der Waals surface area contributed by atoms with Gasteiger partial charge in [-0.1, -0.05) is 41.5 Å². The molecule has 0 aliphatic rings. The predicted octanol–water partition coefficient (Wildman–Crippen LogP) is 4.27. The van der Waals surface area contributed by atoms with E-state index in [1.807, 2.05) is 71.9 Å². The maximum Gasteiger partial charge on any atom is 0.241 e. The summed E-state index contributed by atoms with van der Waals surface area (Å²) in [5.41, 5.74) is 5.85. The van der Waals surface area contributed by atoms with E-state index in [1.54, 1.807) is 0 Å². The third kappa shape index (κ3) is 3.82. The first-order valence-electron chi connectivity index (χ1n) is 7.79. The summed E-state index contributed by atoms with van der Waals surface area (Å²) in [4.78, 5) is 0.389. The molecule has 0 heterocycles. The van der Waals surface area contributed by atoms with Crippen molar-refractivity contribution >= 4 is 10.0 Å². The molecule has 0 spiro atoms. The molecule has 0 aromatic heterocycles. The van der Waals surface area contributed by atoms with Crippen molar-refractivity contribution in [3.05, 3.63) is 63.7 Å². The smallest absolute Gasteiger partial charge is 0.207 e. The maximum absolute atomic E-state index is 12.9. The minimum Gasteiger partial charge on any atom is -0.207 e. The van der Waals surface area contributed by atoms with Gasteiger partial charge in [-0.15, -0.1) is 0 Å². The fourth-order valence-electron chi connectivity index (χ4n) is 3.17. The van der Waals surface area contributed by atoms with Crippen molar-refractivity contribution in [2.75, 3.05) is 0 Å². The van der Waals surface area contributed by atoms with Gasteiger partial charge >= 0.3 is 0 Å². The summed E-state index contributed by atoms with van der Waals surface area (Å²) in [6, 6.07) is 9.64. The quantitative estimate of drug-likeness (QED) is 0.909. The van der Waals surface area contributed by atoms with Gasteiger partial charge in [0.05, 0.1) is 4.90 Å². The second-order valence-electron chi connectivity index (χ2n) is 6.43. The van der Waals surface area contributed by atoms with Gasteiger partial charge in [0.2, 0.25) is 10.0 Å². The summed E-state index contributed by atoms with van der Waals surface area (Å²) in [6.07, 6.45) is 0. The molecule has 0 amide bonds. The first kappa shape index (κ1) is 17.7. The summed E-state index contributed by atoms with van der Waals surface area (Å²) in [5.74, 6) is 0. The van der Waals surface area contributed by atoms with Crippen molar-refractivity contribution in [1.29, 1.82) is 0 Å². The summed E-state index contributed by atoms with van der Waals surface area (Å²) in [5, 5.41) is 0. The number of nitrogens with one attached hydrogen (secondary N) is 1. The average Bonchev–Trinajstić information content (AvgIpc) is 2.39. The minimum absolute atomic E-state index is 0.278. The standard InChI is InChI=1S/C19H25NO2S/c1-12-7-8-14(3)18(11-12)17(6)20-23(21,22)19-15(4)9-13(2)10-16(19)5/h7-11,17,20H,1-6H3/t17-/m1/s1. The van der Waals surface area contributed by atoms with E-state index >= 15 is 0 Å². The van der Waals surface area contributed by atoms with Crippen molar-refractivity contribution in [3.8, 4) is 0 Å². The highest BCUT2D eigenvalue weighted by Crippen LogP contribution is 2.25. The Morgan fingerprint density at radius 1 is 0.826 bits per heavy atom. The zero-order chi connectivity index (χ0) is 17.4. The highest BCUT2D eigenvalue weighted by atomic mass is 32.2. The lowest BCUT2D eigenvalue weighted by atomic mass is 10.0. The van der Waals surface area contributed by atoms with Crippen molar-refractivity contribution in [2.24, 2.45) is 0 Å². The number of benzene rings is 2. The molecule has 2 aromatic carbocycles. The van der Waals surface area contributed by atoms with Crippen LogP contribution in [-0.4, -0.2) is 8.42 Å². The Balaban J connectivity index is 2.41. The molecule has 1 N–H and O–H groups in total. The maximum atomic E-state index is 12.9. The lowest BCUT2D eigenvalue weighted by Crippen LogP contribution is -2.28. The topological polar surface area (TPSA) is 46.2 Å². The van der Waals surface area contributed by atoms with Crippen LogP contribution in [0.25, 0.3) is 0 Å². The molecule has 0 radical (unpaired) electrons. The Kier molecular flexibility index (Phi) is 4.97. The predicted molar refractivity (Wildman–Crippen MR) is 95.3 cm³/mol. The Labute approximate surface area is 139 Å². The zero-order valence-electron chi connectivity index (χ0n) is 14.7. The van der Waals surface area contributed by atoms with Crippen LogP contribution in [0.2, 0.25) is 0 Å². The van der Waals surface area contributed by atoms with Crippen LogP contribution < -0.4 is 4.72 Å². The van der Waals surface area contributed by atoms with Gasteiger partial charge in [-0.3, -0.25) is 0 Å². The molecule has 2 rings (SSSR count). The largest absolute Gasteiger partial charge is 0.241 e. The van der Waals surface area contributed by atoms with E-state index < -0.39 is 10.0 Å². The summed E-state index contributed by atoms with van der Waals surface area (Å²) in [6.45, 7) is 11.6. The SMILES string of the molecule is Cc1cc(C)c(S(=O)(=O)N[C@H](C)c2cc(C)ccc2C)c(C)c1. The van der Waals surface area contributed by atoms with E-state index in [2.05, 4.69) is 4.72 Å². The van der Waals surface area contributed by atoms with Gasteiger partial charge in [0, 0.05) is 6.04 Å². The van der Waals surface area contributed by atoms with Crippen LogP contribution in [0, 0.1) is 34.6 Å². The number of aryl methyl sites for hydroxylation is 5. The van der Waals surface area contributed by atoms with Gasteiger partial charge < -0.3 is 0 Å². The van der Waals surface area contributed by atoms with Crippen molar-refractivity contribution in [3.63, 3.8) is 0 Å². The van der Waals surface area contributed by atoms with Crippen LogP contribution in [0.4, 0.5) is 0 Å². The molecular weight excluding hydrogens is 306 g/mol. The highest BCUT2D eigenvalue weighted by Gasteiger charge is 2.23. The van der Waals surface area contributed by atoms with E-state index in [9.17, 15) is 8.42 Å². The first-order valence-corrected chi connectivity index (χ1v) is 9.27. The molecule has 0 unspecified atom stereocenters. The summed E-state index contributed by atoms with van der Waals surface area (Å²) < 4.78 is 28.5. The number of rotatable bonds is 4. The van der Waals surface area contributed by atoms with Crippen molar-refractivity contribution in [2.45, 2.75) is 52.5 Å². The van der Waals surface area contributed by atoms with Crippen LogP contribution >= 0.6 is 0 Å². The third-order valence-corrected chi connectivity index (χ3v) is 5.95. The van der Waals surface area contributed by atoms with E-state index in [0.717, 1.165) is 33.4 Å². The molecule has 124 valence electrons. The van der Waals surface area contributed by atoms with Crippen LogP contribution in [0.5, 0.6) is 0 Å². The normalized spacial score (nSPS) is 13.1. The molecule has 0 saturated carbocycles. The molecule has 0 bridgehead atoms. The van der Waals surface area contributed by atoms with Gasteiger partial charge in [0.15, 0.2) is 0 Å². The van der Waals surface area contributed by atoms with Gasteiger partial charge in [0.25, 0.3) is 0 Å². The van der Waals surface area contributed by atoms with E-state index in [-0.39, 0.29) is 6.04 Å². The Morgan fingerprint density at radius 2 is 1.39 bits per heavy atom. The van der Waals surface area contributed by atoms with Crippen LogP contribution in [0.1, 0.15) is 46.3 Å².